The van der Waals surface area contributed by atoms with Crippen LogP contribution in [0.1, 0.15) is 139 Å². The first kappa shape index (κ1) is 45.6. The molecule has 10 aliphatic rings. The Morgan fingerprint density at radius 2 is 1.76 bits per heavy atom. The summed E-state index contributed by atoms with van der Waals surface area (Å²) in [5.41, 5.74) is -5.10. The minimum atomic E-state index is -2.21. The minimum Gasteiger partial charge on any atom is -0.454 e. The number of hydrogen-bond acceptors (Lipinski definition) is 10. The number of nitrogens with one attached hydrogen (secondary N) is 1. The van der Waals surface area contributed by atoms with E-state index in [9.17, 15) is 40.2 Å². The molecular weight excluding hydrogens is 831 g/mol. The van der Waals surface area contributed by atoms with Gasteiger partial charge in [0, 0.05) is 53.2 Å². The van der Waals surface area contributed by atoms with Crippen molar-refractivity contribution in [3.05, 3.63) is 58.7 Å². The molecular formula is C56H75NO9. The standard InChI is InChI=1S/C56H75NO9/c1-3-4-5-15-35-28-53(31-59)46-20-22-52-21-9-8-14-33-16-10-18-36(30-58)39(33)26-45(57-2)41-23-37(48(52)42-27-47(60)66-50(41)42)29-54(52,63)56(46,65)51(62)44-25-40-34(24-43(49(35)61)55(44,53)64)17-11-19-38(40)32-12-6-7-13-32/h10-11,16-18,27,31-32,34-35,37-38,40-41,43-46,48-51,57-58,61-65H,3-7,9,12-13,15,19-26,28-30H2,1-2H3. The molecule has 19 unspecified atom stereocenters. The second-order valence-corrected chi connectivity index (χ2v) is 23.5. The topological polar surface area (TPSA) is 177 Å². The monoisotopic (exact) mass is 906 g/mol. The molecule has 0 radical (unpaired) electrons. The van der Waals surface area contributed by atoms with Crippen LogP contribution in [0.3, 0.4) is 0 Å². The number of allylic oxidation sites excluding steroid dienone is 2. The Morgan fingerprint density at radius 3 is 2.52 bits per heavy atom. The van der Waals surface area contributed by atoms with Crippen LogP contribution in [0.2, 0.25) is 0 Å². The average molecular weight is 906 g/mol. The third-order valence-corrected chi connectivity index (χ3v) is 21.5. The van der Waals surface area contributed by atoms with Gasteiger partial charge in [0.05, 0.1) is 29.8 Å². The summed E-state index contributed by atoms with van der Waals surface area (Å²) >= 11 is 0. The maximum atomic E-state index is 14.8. The third kappa shape index (κ3) is 6.05. The van der Waals surface area contributed by atoms with E-state index in [0.717, 1.165) is 67.1 Å². The van der Waals surface area contributed by atoms with Crippen molar-refractivity contribution in [1.29, 1.82) is 0 Å². The van der Waals surface area contributed by atoms with E-state index in [1.807, 2.05) is 25.2 Å². The van der Waals surface area contributed by atoms with Gasteiger partial charge in [-0.05, 0) is 142 Å². The molecule has 7 fully saturated rings. The summed E-state index contributed by atoms with van der Waals surface area (Å²) < 4.78 is 6.29. The summed E-state index contributed by atoms with van der Waals surface area (Å²) in [7, 11) is 1.91. The predicted octanol–water partition coefficient (Wildman–Crippen LogP) is 6.10. The smallest absolute Gasteiger partial charge is 0.331 e. The lowest BCUT2D eigenvalue weighted by Gasteiger charge is -2.73. The Hall–Kier alpha value is -2.88. The van der Waals surface area contributed by atoms with E-state index in [1.165, 1.54) is 12.8 Å². The molecule has 1 heterocycles. The average Bonchev–Trinajstić information content (AvgIpc) is 4.03. The molecule has 1 spiro atoms. The summed E-state index contributed by atoms with van der Waals surface area (Å²) in [5.74, 6) is 3.79. The summed E-state index contributed by atoms with van der Waals surface area (Å²) in [4.78, 5) is 28.4. The van der Waals surface area contributed by atoms with Crippen LogP contribution < -0.4 is 5.32 Å². The molecule has 7 saturated carbocycles. The Morgan fingerprint density at radius 1 is 0.939 bits per heavy atom. The predicted molar refractivity (Wildman–Crippen MR) is 248 cm³/mol. The van der Waals surface area contributed by atoms with E-state index in [2.05, 4.69) is 36.2 Å². The number of likely N-dealkylation sites (N-methyl/N-ethyl adjacent to an activating group) is 1. The minimum absolute atomic E-state index is 0.0503. The Kier molecular flexibility index (Phi) is 11.5. The van der Waals surface area contributed by atoms with E-state index >= 15 is 0 Å². The SMILES string of the molecule is CCCCCC1CC2(C=O)C3CCC45CCC#Cc6cccc(CO)c6CC(NC)C6CC(CC4(O)C3(O)C(O)C3CC4C(C=CCC4C4CCCC4)CC(C1O)C32O)C5C1=CC(=O)OC16. The lowest BCUT2D eigenvalue weighted by Crippen LogP contribution is -2.85. The van der Waals surface area contributed by atoms with Gasteiger partial charge in [-0.25, -0.2) is 4.79 Å². The molecule has 10 nitrogen and oxygen atoms in total. The summed E-state index contributed by atoms with van der Waals surface area (Å²) in [6, 6.07) is 5.64. The maximum Gasteiger partial charge on any atom is 0.331 e. The number of ether oxygens (including phenoxy) is 1. The van der Waals surface area contributed by atoms with Crippen LogP contribution in [0, 0.1) is 87.8 Å². The quantitative estimate of drug-likeness (QED) is 0.0531. The molecule has 9 aliphatic carbocycles. The van der Waals surface area contributed by atoms with Gasteiger partial charge < -0.3 is 45.5 Å². The fourth-order valence-electron chi connectivity index (χ4n) is 19.0. The normalized spacial score (nSPS) is 48.8. The first-order chi connectivity index (χ1) is 31.8. The highest BCUT2D eigenvalue weighted by atomic mass is 16.5. The van der Waals surface area contributed by atoms with Gasteiger partial charge in [0.2, 0.25) is 0 Å². The fourth-order valence-corrected chi connectivity index (χ4v) is 19.0. The van der Waals surface area contributed by atoms with Crippen molar-refractivity contribution in [3.63, 3.8) is 0 Å². The Balaban J connectivity index is 1.09. The number of unbranched alkanes of at least 4 members (excludes halogenated alkanes) is 2. The van der Waals surface area contributed by atoms with Crippen LogP contribution in [0.4, 0.5) is 0 Å². The molecule has 1 aromatic rings. The van der Waals surface area contributed by atoms with Gasteiger partial charge in [0.15, 0.2) is 0 Å². The Bertz CT molecular complexity index is 2210. The second kappa shape index (κ2) is 16.6. The van der Waals surface area contributed by atoms with E-state index in [1.54, 1.807) is 6.08 Å². The number of rotatable bonds is 8. The largest absolute Gasteiger partial charge is 0.454 e. The lowest BCUT2D eigenvalue weighted by molar-refractivity contribution is -0.379. The maximum absolute atomic E-state index is 14.8. The van der Waals surface area contributed by atoms with E-state index in [-0.39, 0.29) is 67.4 Å². The van der Waals surface area contributed by atoms with E-state index in [0.29, 0.717) is 63.2 Å². The number of carbonyl (C=O) groups is 2. The van der Waals surface area contributed by atoms with Crippen molar-refractivity contribution in [1.82, 2.24) is 5.32 Å². The molecule has 19 atom stereocenters. The van der Waals surface area contributed by atoms with Crippen LogP contribution in [0.15, 0.2) is 42.0 Å². The van der Waals surface area contributed by atoms with Crippen LogP contribution in [0.25, 0.3) is 0 Å². The molecule has 4 bridgehead atoms. The zero-order valence-corrected chi connectivity index (χ0v) is 39.3. The van der Waals surface area contributed by atoms with Crippen LogP contribution in [0.5, 0.6) is 0 Å². The molecule has 1 aliphatic heterocycles. The molecule has 0 saturated heterocycles. The zero-order chi connectivity index (χ0) is 46.0. The highest BCUT2D eigenvalue weighted by Crippen LogP contribution is 2.78. The number of carbonyl (C=O) groups excluding carboxylic acids is 2. The highest BCUT2D eigenvalue weighted by molar-refractivity contribution is 5.86. The van der Waals surface area contributed by atoms with Crippen molar-refractivity contribution in [2.45, 2.75) is 177 Å². The molecule has 66 heavy (non-hydrogen) atoms. The zero-order valence-electron chi connectivity index (χ0n) is 39.3. The van der Waals surface area contributed by atoms with E-state index < -0.39 is 69.7 Å². The number of aliphatic hydroxyl groups is 6. The third-order valence-electron chi connectivity index (χ3n) is 21.5. The van der Waals surface area contributed by atoms with Crippen molar-refractivity contribution < 1.29 is 45.0 Å². The van der Waals surface area contributed by atoms with Gasteiger partial charge in [0.1, 0.15) is 23.6 Å². The van der Waals surface area contributed by atoms with Crippen molar-refractivity contribution >= 4 is 12.3 Å². The number of esters is 1. The molecule has 10 heteroatoms. The number of aliphatic hydroxyl groups excluding tert-OH is 3. The van der Waals surface area contributed by atoms with Gasteiger partial charge in [-0.3, -0.25) is 0 Å². The molecule has 11 rings (SSSR count). The summed E-state index contributed by atoms with van der Waals surface area (Å²) in [6.45, 7) is 2.03. The molecule has 7 N–H and O–H groups in total. The first-order valence-electron chi connectivity index (χ1n) is 26.3. The molecule has 0 aromatic heterocycles. The fraction of sp³-hybridized carbons (Fsp3) is 0.750. The number of aldehydes is 1. The number of benzene rings is 1. The number of hydrogen-bond donors (Lipinski definition) is 7. The van der Waals surface area contributed by atoms with Crippen LogP contribution >= 0.6 is 0 Å². The van der Waals surface area contributed by atoms with Gasteiger partial charge in [-0.15, -0.1) is 0 Å². The van der Waals surface area contributed by atoms with E-state index in [4.69, 9.17) is 4.74 Å². The highest BCUT2D eigenvalue weighted by Gasteiger charge is 2.86. The second-order valence-electron chi connectivity index (χ2n) is 23.5. The summed E-state index contributed by atoms with van der Waals surface area (Å²) in [5, 5.41) is 83.5. The first-order valence-corrected chi connectivity index (χ1v) is 26.3. The molecule has 358 valence electrons. The molecule has 1 aromatic carbocycles. The van der Waals surface area contributed by atoms with Crippen molar-refractivity contribution in [2.75, 3.05) is 7.05 Å². The van der Waals surface area contributed by atoms with Gasteiger partial charge in [-0.2, -0.15) is 0 Å². The van der Waals surface area contributed by atoms with Gasteiger partial charge in [-0.1, -0.05) is 88.0 Å². The van der Waals surface area contributed by atoms with Crippen LogP contribution in [-0.2, 0) is 27.4 Å². The van der Waals surface area contributed by atoms with Crippen LogP contribution in [-0.4, -0.2) is 91.1 Å². The van der Waals surface area contributed by atoms with Crippen molar-refractivity contribution in [2.24, 2.45) is 75.9 Å². The van der Waals surface area contributed by atoms with Gasteiger partial charge >= 0.3 is 5.97 Å². The summed E-state index contributed by atoms with van der Waals surface area (Å²) in [6.07, 6.45) is 17.1. The van der Waals surface area contributed by atoms with Crippen molar-refractivity contribution in [3.8, 4) is 11.8 Å². The Labute approximate surface area is 391 Å². The number of fused-ring (bicyclic) bond motifs is 8. The van der Waals surface area contributed by atoms with Gasteiger partial charge in [0.25, 0.3) is 0 Å². The lowest BCUT2D eigenvalue weighted by atomic mass is 9.34. The molecule has 0 amide bonds.